The highest BCUT2D eigenvalue weighted by Gasteiger charge is 2.16. The molecule has 0 aromatic heterocycles. The van der Waals surface area contributed by atoms with Crippen LogP contribution in [0.5, 0.6) is 17.2 Å². The molecule has 0 amide bonds. The number of aryl methyl sites for hydroxylation is 1. The molecule has 2 aromatic rings. The standard InChI is InChI=1S/C14H14O3/c1-8-5-3-4-6-10(8)13-12(16)7-11(15)9(2)14(13)17/h3-7,15-17H,1-2H3. The first-order valence-electron chi connectivity index (χ1n) is 5.33. The van der Waals surface area contributed by atoms with Gasteiger partial charge >= 0.3 is 0 Å². The van der Waals surface area contributed by atoms with Gasteiger partial charge in [0.25, 0.3) is 0 Å². The second kappa shape index (κ2) is 4.01. The highest BCUT2D eigenvalue weighted by Crippen LogP contribution is 2.44. The monoisotopic (exact) mass is 230 g/mol. The van der Waals surface area contributed by atoms with E-state index < -0.39 is 0 Å². The van der Waals surface area contributed by atoms with E-state index in [-0.39, 0.29) is 17.2 Å². The number of phenolic OH excluding ortho intramolecular Hbond substituents is 3. The Hall–Kier alpha value is -2.16. The highest BCUT2D eigenvalue weighted by atomic mass is 16.3. The third-order valence-electron chi connectivity index (χ3n) is 2.92. The van der Waals surface area contributed by atoms with Crippen LogP contribution in [0.25, 0.3) is 11.1 Å². The summed E-state index contributed by atoms with van der Waals surface area (Å²) in [5, 5.41) is 29.4. The van der Waals surface area contributed by atoms with Gasteiger partial charge in [0.15, 0.2) is 0 Å². The second-order valence-corrected chi connectivity index (χ2v) is 4.08. The Balaban J connectivity index is 2.77. The van der Waals surface area contributed by atoms with Crippen LogP contribution in [0.15, 0.2) is 30.3 Å². The number of hydrogen-bond acceptors (Lipinski definition) is 3. The van der Waals surface area contributed by atoms with Crippen LogP contribution in [0.1, 0.15) is 11.1 Å². The molecule has 0 aliphatic rings. The average Bonchev–Trinajstić information content (AvgIpc) is 2.29. The topological polar surface area (TPSA) is 60.7 Å². The van der Waals surface area contributed by atoms with E-state index >= 15 is 0 Å². The van der Waals surface area contributed by atoms with Crippen molar-refractivity contribution >= 4 is 0 Å². The van der Waals surface area contributed by atoms with Crippen molar-refractivity contribution in [2.75, 3.05) is 0 Å². The zero-order valence-electron chi connectivity index (χ0n) is 9.73. The Morgan fingerprint density at radius 2 is 1.53 bits per heavy atom. The van der Waals surface area contributed by atoms with Crippen LogP contribution < -0.4 is 0 Å². The molecule has 2 rings (SSSR count). The summed E-state index contributed by atoms with van der Waals surface area (Å²) in [6.07, 6.45) is 0. The molecule has 0 radical (unpaired) electrons. The zero-order valence-corrected chi connectivity index (χ0v) is 9.73. The number of benzene rings is 2. The van der Waals surface area contributed by atoms with Crippen molar-refractivity contribution in [3.05, 3.63) is 41.5 Å². The van der Waals surface area contributed by atoms with E-state index in [0.717, 1.165) is 11.1 Å². The van der Waals surface area contributed by atoms with E-state index in [9.17, 15) is 15.3 Å². The maximum atomic E-state index is 10.0. The summed E-state index contributed by atoms with van der Waals surface area (Å²) < 4.78 is 0. The van der Waals surface area contributed by atoms with Crippen LogP contribution in [0.2, 0.25) is 0 Å². The number of hydrogen-bond donors (Lipinski definition) is 3. The molecular formula is C14H14O3. The molecule has 3 nitrogen and oxygen atoms in total. The summed E-state index contributed by atoms with van der Waals surface area (Å²) in [5.41, 5.74) is 2.42. The minimum Gasteiger partial charge on any atom is -0.507 e. The van der Waals surface area contributed by atoms with E-state index in [0.29, 0.717) is 11.1 Å². The lowest BCUT2D eigenvalue weighted by Gasteiger charge is -2.13. The Morgan fingerprint density at radius 3 is 2.18 bits per heavy atom. The molecule has 0 fully saturated rings. The van der Waals surface area contributed by atoms with Gasteiger partial charge in [-0.3, -0.25) is 0 Å². The SMILES string of the molecule is Cc1ccccc1-c1c(O)cc(O)c(C)c1O. The fourth-order valence-corrected chi connectivity index (χ4v) is 1.86. The summed E-state index contributed by atoms with van der Waals surface area (Å²) >= 11 is 0. The molecule has 3 N–H and O–H groups in total. The quantitative estimate of drug-likeness (QED) is 0.705. The molecule has 0 heterocycles. The molecule has 0 bridgehead atoms. The van der Waals surface area contributed by atoms with Gasteiger partial charge in [0.1, 0.15) is 17.2 Å². The molecule has 88 valence electrons. The average molecular weight is 230 g/mol. The molecule has 0 aliphatic carbocycles. The highest BCUT2D eigenvalue weighted by molar-refractivity contribution is 5.81. The summed E-state index contributed by atoms with van der Waals surface area (Å²) in [5.74, 6) is -0.325. The Kier molecular flexibility index (Phi) is 2.68. The van der Waals surface area contributed by atoms with E-state index in [1.807, 2.05) is 31.2 Å². The first kappa shape index (κ1) is 11.3. The summed E-state index contributed by atoms with van der Waals surface area (Å²) in [4.78, 5) is 0. The normalized spacial score (nSPS) is 10.5. The molecule has 0 saturated carbocycles. The lowest BCUT2D eigenvalue weighted by Crippen LogP contribution is -1.87. The Labute approximate surface area is 99.6 Å². The van der Waals surface area contributed by atoms with E-state index in [4.69, 9.17) is 0 Å². The van der Waals surface area contributed by atoms with Crippen LogP contribution in [0, 0.1) is 13.8 Å². The van der Waals surface area contributed by atoms with Crippen molar-refractivity contribution < 1.29 is 15.3 Å². The number of phenols is 3. The molecular weight excluding hydrogens is 216 g/mol. The molecule has 0 aliphatic heterocycles. The summed E-state index contributed by atoms with van der Waals surface area (Å²) in [7, 11) is 0. The van der Waals surface area contributed by atoms with Crippen LogP contribution in [0.3, 0.4) is 0 Å². The molecule has 3 heteroatoms. The van der Waals surface area contributed by atoms with Gasteiger partial charge in [0, 0.05) is 11.6 Å². The summed E-state index contributed by atoms with van der Waals surface area (Å²) in [6.45, 7) is 3.50. The van der Waals surface area contributed by atoms with E-state index in [2.05, 4.69) is 0 Å². The van der Waals surface area contributed by atoms with Crippen molar-refractivity contribution in [2.24, 2.45) is 0 Å². The zero-order chi connectivity index (χ0) is 12.6. The van der Waals surface area contributed by atoms with Gasteiger partial charge in [-0.25, -0.2) is 0 Å². The Morgan fingerprint density at radius 1 is 0.882 bits per heavy atom. The fraction of sp³-hybridized carbons (Fsp3) is 0.143. The lowest BCUT2D eigenvalue weighted by molar-refractivity contribution is 0.425. The molecule has 0 unspecified atom stereocenters. The lowest BCUT2D eigenvalue weighted by atomic mass is 9.96. The van der Waals surface area contributed by atoms with E-state index in [1.165, 1.54) is 6.07 Å². The van der Waals surface area contributed by atoms with Crippen molar-refractivity contribution in [1.82, 2.24) is 0 Å². The minimum absolute atomic E-state index is 0.0863. The fourth-order valence-electron chi connectivity index (χ4n) is 1.86. The molecule has 2 aromatic carbocycles. The third-order valence-corrected chi connectivity index (χ3v) is 2.92. The van der Waals surface area contributed by atoms with Gasteiger partial charge in [-0.1, -0.05) is 24.3 Å². The maximum absolute atomic E-state index is 10.0. The van der Waals surface area contributed by atoms with Crippen LogP contribution in [-0.4, -0.2) is 15.3 Å². The third kappa shape index (κ3) is 1.80. The van der Waals surface area contributed by atoms with Crippen LogP contribution >= 0.6 is 0 Å². The molecule has 17 heavy (non-hydrogen) atoms. The molecule has 0 spiro atoms. The van der Waals surface area contributed by atoms with Crippen LogP contribution in [0.4, 0.5) is 0 Å². The van der Waals surface area contributed by atoms with Crippen molar-refractivity contribution in [1.29, 1.82) is 0 Å². The van der Waals surface area contributed by atoms with Gasteiger partial charge in [-0.05, 0) is 25.0 Å². The van der Waals surface area contributed by atoms with Gasteiger partial charge in [-0.15, -0.1) is 0 Å². The largest absolute Gasteiger partial charge is 0.507 e. The van der Waals surface area contributed by atoms with E-state index in [1.54, 1.807) is 6.92 Å². The van der Waals surface area contributed by atoms with Gasteiger partial charge in [0.2, 0.25) is 0 Å². The second-order valence-electron chi connectivity index (χ2n) is 4.08. The predicted molar refractivity (Wildman–Crippen MR) is 66.3 cm³/mol. The Bertz CT molecular complexity index is 574. The number of aromatic hydroxyl groups is 3. The van der Waals surface area contributed by atoms with Crippen molar-refractivity contribution in [2.45, 2.75) is 13.8 Å². The predicted octanol–water partition coefficient (Wildman–Crippen LogP) is 3.09. The first-order valence-corrected chi connectivity index (χ1v) is 5.33. The van der Waals surface area contributed by atoms with Crippen molar-refractivity contribution in [3.63, 3.8) is 0 Å². The smallest absolute Gasteiger partial charge is 0.133 e. The summed E-state index contributed by atoms with van der Waals surface area (Å²) in [6, 6.07) is 8.69. The maximum Gasteiger partial charge on any atom is 0.133 e. The van der Waals surface area contributed by atoms with Gasteiger partial charge in [-0.2, -0.15) is 0 Å². The van der Waals surface area contributed by atoms with Gasteiger partial charge in [0.05, 0.1) is 5.56 Å². The molecule has 0 saturated heterocycles. The number of rotatable bonds is 1. The minimum atomic E-state index is -0.125. The molecule has 0 atom stereocenters. The van der Waals surface area contributed by atoms with Crippen molar-refractivity contribution in [3.8, 4) is 28.4 Å². The first-order chi connectivity index (χ1) is 8.02. The van der Waals surface area contributed by atoms with Crippen LogP contribution in [-0.2, 0) is 0 Å². The van der Waals surface area contributed by atoms with Gasteiger partial charge < -0.3 is 15.3 Å².